The number of benzene rings is 1. The van der Waals surface area contributed by atoms with E-state index in [-0.39, 0.29) is 42.5 Å². The summed E-state index contributed by atoms with van der Waals surface area (Å²) in [4.78, 5) is 48.9. The van der Waals surface area contributed by atoms with Gasteiger partial charge in [-0.2, -0.15) is 0 Å². The van der Waals surface area contributed by atoms with Gasteiger partial charge in [-0.3, -0.25) is 24.3 Å². The summed E-state index contributed by atoms with van der Waals surface area (Å²) in [7, 11) is 1.71. The largest absolute Gasteiger partial charge is 0.493 e. The number of rotatable bonds is 13. The highest BCUT2D eigenvalue weighted by Crippen LogP contribution is 2.40. The number of carbonyl (C=O) groups excluding carboxylic acids is 3. The summed E-state index contributed by atoms with van der Waals surface area (Å²) in [5.74, 6) is 0.181. The number of hydrogen-bond donors (Lipinski definition) is 1. The summed E-state index contributed by atoms with van der Waals surface area (Å²) >= 11 is 1.44. The van der Waals surface area contributed by atoms with E-state index in [9.17, 15) is 14.4 Å². The molecular formula is C31H41Cl2N5O4S. The molecule has 43 heavy (non-hydrogen) atoms. The minimum atomic E-state index is -1.14. The Morgan fingerprint density at radius 2 is 1.74 bits per heavy atom. The number of carbonyl (C=O) groups is 3. The molecule has 1 aliphatic rings. The molecule has 0 aliphatic carbocycles. The number of nitrogens with one attached hydrogen (secondary N) is 1. The maximum absolute atomic E-state index is 13.1. The molecule has 0 saturated heterocycles. The van der Waals surface area contributed by atoms with Crippen molar-refractivity contribution >= 4 is 65.2 Å². The molecule has 1 N–H and O–H groups in total. The van der Waals surface area contributed by atoms with Gasteiger partial charge in [0.2, 0.25) is 11.8 Å². The first-order chi connectivity index (χ1) is 19.7. The topological polar surface area (TPSA) is 95.1 Å². The van der Waals surface area contributed by atoms with Crippen LogP contribution in [-0.2, 0) is 16.1 Å². The molecule has 0 radical (unpaired) electrons. The van der Waals surface area contributed by atoms with Gasteiger partial charge >= 0.3 is 0 Å². The summed E-state index contributed by atoms with van der Waals surface area (Å²) in [6.45, 7) is 9.27. The van der Waals surface area contributed by atoms with Crippen LogP contribution in [-0.4, -0.2) is 67.4 Å². The summed E-state index contributed by atoms with van der Waals surface area (Å²) < 4.78 is 6.11. The molecule has 0 saturated carbocycles. The SMILES string of the molecule is CCN1C(=O)C(C)(C)C(=O)N(C)c2cc(OCCCN(CCCNC(=O)c3cccs3)Cc3ccncc3)ccc21.Cl.Cl. The number of ether oxygens (including phenoxy) is 1. The van der Waals surface area contributed by atoms with Crippen molar-refractivity contribution in [2.75, 3.05) is 49.6 Å². The number of thiophene rings is 1. The Morgan fingerprint density at radius 1 is 1.02 bits per heavy atom. The van der Waals surface area contributed by atoms with Crippen LogP contribution in [0.15, 0.2) is 60.2 Å². The van der Waals surface area contributed by atoms with Crippen molar-refractivity contribution in [3.63, 3.8) is 0 Å². The molecule has 9 nitrogen and oxygen atoms in total. The molecule has 0 bridgehead atoms. The molecule has 0 atom stereocenters. The van der Waals surface area contributed by atoms with Crippen molar-refractivity contribution in [3.05, 3.63) is 70.7 Å². The molecule has 2 aromatic heterocycles. The second-order valence-corrected chi connectivity index (χ2v) is 11.6. The average Bonchev–Trinajstić information content (AvgIpc) is 3.51. The van der Waals surface area contributed by atoms with Gasteiger partial charge in [0.05, 0.1) is 22.9 Å². The van der Waals surface area contributed by atoms with E-state index in [0.717, 1.165) is 37.4 Å². The Hall–Kier alpha value is -3.18. The van der Waals surface area contributed by atoms with Crippen molar-refractivity contribution in [3.8, 4) is 5.75 Å². The quantitative estimate of drug-likeness (QED) is 0.196. The fourth-order valence-corrected chi connectivity index (χ4v) is 5.60. The van der Waals surface area contributed by atoms with Crippen molar-refractivity contribution in [2.45, 2.75) is 40.2 Å². The van der Waals surface area contributed by atoms with E-state index in [1.807, 2.05) is 54.8 Å². The normalized spacial score (nSPS) is 14.0. The van der Waals surface area contributed by atoms with Crippen LogP contribution in [0.25, 0.3) is 0 Å². The minimum absolute atomic E-state index is 0. The van der Waals surface area contributed by atoms with Crippen LogP contribution < -0.4 is 19.9 Å². The van der Waals surface area contributed by atoms with E-state index in [4.69, 9.17) is 4.74 Å². The van der Waals surface area contributed by atoms with Gasteiger partial charge in [0.25, 0.3) is 5.91 Å². The standard InChI is InChI=1S/C31H39N5O4S.2ClH/c1-5-36-25-11-10-24(21-26(25)34(4)29(38)31(2,3)30(36)39)40-19-8-18-35(22-23-12-15-32-16-13-23)17-7-14-33-28(37)27-9-6-20-41-27;;/h6,9-13,15-16,20-21H,5,7-8,14,17-19,22H2,1-4H3,(H,33,37);2*1H. The maximum atomic E-state index is 13.1. The molecule has 0 fully saturated rings. The maximum Gasteiger partial charge on any atom is 0.261 e. The number of pyridine rings is 1. The molecule has 1 aromatic carbocycles. The van der Waals surface area contributed by atoms with E-state index in [1.54, 1.807) is 43.1 Å². The third kappa shape index (κ3) is 8.92. The fourth-order valence-electron chi connectivity index (χ4n) is 4.96. The summed E-state index contributed by atoms with van der Waals surface area (Å²) in [6.07, 6.45) is 5.22. The van der Waals surface area contributed by atoms with Crippen LogP contribution >= 0.6 is 36.2 Å². The van der Waals surface area contributed by atoms with Gasteiger partial charge in [-0.15, -0.1) is 36.2 Å². The van der Waals surface area contributed by atoms with Crippen molar-refractivity contribution in [1.82, 2.24) is 15.2 Å². The van der Waals surface area contributed by atoms with E-state index in [2.05, 4.69) is 15.2 Å². The first kappa shape index (κ1) is 36.0. The van der Waals surface area contributed by atoms with Crippen LogP contribution in [0.1, 0.15) is 48.8 Å². The predicted molar refractivity (Wildman–Crippen MR) is 177 cm³/mol. The van der Waals surface area contributed by atoms with E-state index >= 15 is 0 Å². The minimum Gasteiger partial charge on any atom is -0.493 e. The molecule has 1 aliphatic heterocycles. The Balaban J connectivity index is 0.00000323. The third-order valence-corrected chi connectivity index (χ3v) is 8.13. The zero-order valence-corrected chi connectivity index (χ0v) is 27.5. The Bertz CT molecular complexity index is 1340. The summed E-state index contributed by atoms with van der Waals surface area (Å²) in [5, 5.41) is 4.90. The third-order valence-electron chi connectivity index (χ3n) is 7.26. The van der Waals surface area contributed by atoms with Gasteiger partial charge in [-0.05, 0) is 74.9 Å². The van der Waals surface area contributed by atoms with Gasteiger partial charge in [-0.1, -0.05) is 6.07 Å². The fraction of sp³-hybridized carbons (Fsp3) is 0.419. The van der Waals surface area contributed by atoms with Crippen LogP contribution in [0.4, 0.5) is 11.4 Å². The van der Waals surface area contributed by atoms with Crippen LogP contribution in [0.2, 0.25) is 0 Å². The molecule has 3 heterocycles. The molecule has 12 heteroatoms. The number of hydrogen-bond acceptors (Lipinski definition) is 7. The lowest BCUT2D eigenvalue weighted by Crippen LogP contribution is -2.47. The molecule has 3 aromatic rings. The van der Waals surface area contributed by atoms with Crippen LogP contribution in [0.5, 0.6) is 5.75 Å². The highest BCUT2D eigenvalue weighted by atomic mass is 35.5. The van der Waals surface area contributed by atoms with Gasteiger partial charge < -0.3 is 19.9 Å². The number of halogens is 2. The lowest BCUT2D eigenvalue weighted by molar-refractivity contribution is -0.137. The van der Waals surface area contributed by atoms with Crippen molar-refractivity contribution in [1.29, 1.82) is 0 Å². The number of amides is 3. The molecule has 234 valence electrons. The Morgan fingerprint density at radius 3 is 2.42 bits per heavy atom. The average molecular weight is 651 g/mol. The number of anilines is 2. The Labute approximate surface area is 270 Å². The molecule has 0 unspecified atom stereocenters. The Kier molecular flexibility index (Phi) is 13.9. The van der Waals surface area contributed by atoms with E-state index < -0.39 is 5.41 Å². The van der Waals surface area contributed by atoms with E-state index in [1.165, 1.54) is 16.9 Å². The zero-order chi connectivity index (χ0) is 29.4. The van der Waals surface area contributed by atoms with Crippen LogP contribution in [0.3, 0.4) is 0 Å². The molecule has 4 rings (SSSR count). The van der Waals surface area contributed by atoms with Gasteiger partial charge in [-0.25, -0.2) is 0 Å². The monoisotopic (exact) mass is 649 g/mol. The van der Waals surface area contributed by atoms with Crippen molar-refractivity contribution < 1.29 is 19.1 Å². The highest BCUT2D eigenvalue weighted by molar-refractivity contribution is 7.12. The lowest BCUT2D eigenvalue weighted by atomic mass is 9.90. The highest BCUT2D eigenvalue weighted by Gasteiger charge is 2.45. The second-order valence-electron chi connectivity index (χ2n) is 10.6. The zero-order valence-electron chi connectivity index (χ0n) is 25.1. The lowest BCUT2D eigenvalue weighted by Gasteiger charge is -2.27. The summed E-state index contributed by atoms with van der Waals surface area (Å²) in [5.41, 5.74) is 1.41. The first-order valence-corrected chi connectivity index (χ1v) is 14.9. The van der Waals surface area contributed by atoms with Gasteiger partial charge in [0, 0.05) is 58.2 Å². The first-order valence-electron chi connectivity index (χ1n) is 14.0. The second kappa shape index (κ2) is 16.6. The number of nitrogens with zero attached hydrogens (tertiary/aromatic N) is 4. The predicted octanol–water partition coefficient (Wildman–Crippen LogP) is 5.43. The van der Waals surface area contributed by atoms with Gasteiger partial charge in [0.1, 0.15) is 11.2 Å². The van der Waals surface area contributed by atoms with Gasteiger partial charge in [0.15, 0.2) is 0 Å². The summed E-state index contributed by atoms with van der Waals surface area (Å²) in [6, 6.07) is 13.3. The molecule has 3 amide bonds. The smallest absolute Gasteiger partial charge is 0.261 e. The van der Waals surface area contributed by atoms with Crippen LogP contribution in [0, 0.1) is 5.41 Å². The van der Waals surface area contributed by atoms with Crippen molar-refractivity contribution in [2.24, 2.45) is 5.41 Å². The molecular weight excluding hydrogens is 609 g/mol. The van der Waals surface area contributed by atoms with E-state index in [0.29, 0.717) is 36.8 Å². The number of fused-ring (bicyclic) bond motifs is 1. The number of aromatic nitrogens is 1. The molecule has 0 spiro atoms.